The summed E-state index contributed by atoms with van der Waals surface area (Å²) in [5, 5.41) is 13.7. The maximum atomic E-state index is 12.6. The van der Waals surface area contributed by atoms with E-state index in [-0.39, 0.29) is 23.1 Å². The first-order valence-electron chi connectivity index (χ1n) is 9.13. The Morgan fingerprint density at radius 2 is 1.84 bits per heavy atom. The van der Waals surface area contributed by atoms with Gasteiger partial charge in [-0.3, -0.25) is 9.36 Å². The monoisotopic (exact) mass is 458 g/mol. The van der Waals surface area contributed by atoms with Crippen molar-refractivity contribution in [3.05, 3.63) is 72.1 Å². The number of ether oxygens (including phenoxy) is 1. The lowest BCUT2D eigenvalue weighted by Gasteiger charge is -2.12. The fraction of sp³-hybridized carbons (Fsp3) is 0.0952. The first-order chi connectivity index (χ1) is 15.1. The Labute approximate surface area is 184 Å². The van der Waals surface area contributed by atoms with Crippen LogP contribution in [0.3, 0.4) is 0 Å². The molecule has 0 fully saturated rings. The van der Waals surface area contributed by atoms with Crippen LogP contribution in [0.2, 0.25) is 0 Å². The van der Waals surface area contributed by atoms with Crippen molar-refractivity contribution in [2.24, 2.45) is 0 Å². The van der Waals surface area contributed by atoms with Crippen LogP contribution < -0.4 is 10.1 Å². The Hall–Kier alpha value is -3.24. The maximum Gasteiger partial charge on any atom is 0.387 e. The molecule has 0 unspecified atom stereocenters. The molecule has 1 amide bonds. The van der Waals surface area contributed by atoms with Crippen LogP contribution in [0.5, 0.6) is 5.75 Å². The zero-order valence-electron chi connectivity index (χ0n) is 15.9. The molecule has 158 valence electrons. The number of benzene rings is 2. The van der Waals surface area contributed by atoms with Gasteiger partial charge in [0.05, 0.1) is 16.3 Å². The smallest absolute Gasteiger partial charge is 0.387 e. The Bertz CT molecular complexity index is 1150. The number of hydrogen-bond donors (Lipinski definition) is 1. The third-order valence-corrected chi connectivity index (χ3v) is 5.89. The van der Waals surface area contributed by atoms with E-state index in [1.54, 1.807) is 23.5 Å². The Morgan fingerprint density at radius 3 is 2.58 bits per heavy atom. The minimum Gasteiger partial charge on any atom is -0.433 e. The van der Waals surface area contributed by atoms with Crippen LogP contribution in [0, 0.1) is 0 Å². The summed E-state index contributed by atoms with van der Waals surface area (Å²) < 4.78 is 31.5. The zero-order valence-corrected chi connectivity index (χ0v) is 17.6. The zero-order chi connectivity index (χ0) is 21.6. The van der Waals surface area contributed by atoms with Crippen LogP contribution in [-0.4, -0.2) is 33.0 Å². The molecule has 0 spiro atoms. The normalized spacial score (nSPS) is 10.9. The summed E-state index contributed by atoms with van der Waals surface area (Å²) in [6, 6.07) is 19.5. The van der Waals surface area contributed by atoms with Crippen LogP contribution in [0.4, 0.5) is 14.5 Å². The number of rotatable bonds is 8. The molecular formula is C21H16F2N4O2S2. The summed E-state index contributed by atoms with van der Waals surface area (Å²) in [5.74, 6) is 0.219. The number of alkyl halides is 2. The SMILES string of the molecule is O=C(CSc1nnc(-c2cccs2)n1-c1ccccc1)Nc1ccccc1OC(F)F. The molecule has 6 nitrogen and oxygen atoms in total. The fourth-order valence-corrected chi connectivity index (χ4v) is 4.27. The van der Waals surface area contributed by atoms with Gasteiger partial charge in [-0.25, -0.2) is 0 Å². The second-order valence-electron chi connectivity index (χ2n) is 6.17. The largest absolute Gasteiger partial charge is 0.433 e. The second kappa shape index (κ2) is 9.71. The van der Waals surface area contributed by atoms with Crippen LogP contribution >= 0.6 is 23.1 Å². The number of anilines is 1. The Kier molecular flexibility index (Phi) is 6.58. The minimum absolute atomic E-state index is 0.0123. The molecule has 2 aromatic carbocycles. The first-order valence-corrected chi connectivity index (χ1v) is 11.0. The van der Waals surface area contributed by atoms with Gasteiger partial charge in [-0.2, -0.15) is 8.78 Å². The van der Waals surface area contributed by atoms with Crippen molar-refractivity contribution < 1.29 is 18.3 Å². The topological polar surface area (TPSA) is 69.0 Å². The molecule has 0 aliphatic heterocycles. The van der Waals surface area contributed by atoms with E-state index in [9.17, 15) is 13.6 Å². The number of carbonyl (C=O) groups is 1. The summed E-state index contributed by atoms with van der Waals surface area (Å²) in [4.78, 5) is 13.4. The number of aromatic nitrogens is 3. The van der Waals surface area contributed by atoms with Gasteiger partial charge in [0.25, 0.3) is 0 Å². The molecule has 2 aromatic heterocycles. The molecule has 2 heterocycles. The molecule has 31 heavy (non-hydrogen) atoms. The number of thioether (sulfide) groups is 1. The highest BCUT2D eigenvalue weighted by molar-refractivity contribution is 7.99. The number of nitrogens with one attached hydrogen (secondary N) is 1. The molecule has 0 aliphatic carbocycles. The Balaban J connectivity index is 1.52. The van der Waals surface area contributed by atoms with E-state index in [1.165, 1.54) is 23.9 Å². The predicted molar refractivity (Wildman–Crippen MR) is 117 cm³/mol. The first kappa shape index (κ1) is 21.0. The summed E-state index contributed by atoms with van der Waals surface area (Å²) in [7, 11) is 0. The molecule has 4 aromatic rings. The number of amides is 1. The highest BCUT2D eigenvalue weighted by Gasteiger charge is 2.18. The quantitative estimate of drug-likeness (QED) is 0.362. The lowest BCUT2D eigenvalue weighted by Crippen LogP contribution is -2.16. The van der Waals surface area contributed by atoms with Gasteiger partial charge in [0.15, 0.2) is 11.0 Å². The molecular weight excluding hydrogens is 442 g/mol. The lowest BCUT2D eigenvalue weighted by molar-refractivity contribution is -0.113. The van der Waals surface area contributed by atoms with Crippen molar-refractivity contribution in [1.29, 1.82) is 0 Å². The standard InChI is InChI=1S/C21H16F2N4O2S2/c22-20(23)29-16-10-5-4-9-15(16)24-18(28)13-31-21-26-25-19(17-11-6-12-30-17)27(21)14-7-2-1-3-8-14/h1-12,20H,13H2,(H,24,28). The van der Waals surface area contributed by atoms with E-state index in [1.807, 2.05) is 52.4 Å². The van der Waals surface area contributed by atoms with E-state index >= 15 is 0 Å². The number of para-hydroxylation sites is 3. The maximum absolute atomic E-state index is 12.6. The molecule has 0 saturated carbocycles. The number of hydrogen-bond acceptors (Lipinski definition) is 6. The van der Waals surface area contributed by atoms with Crippen molar-refractivity contribution >= 4 is 34.7 Å². The number of nitrogens with zero attached hydrogens (tertiary/aromatic N) is 3. The van der Waals surface area contributed by atoms with Crippen LogP contribution in [0.15, 0.2) is 77.3 Å². The fourth-order valence-electron chi connectivity index (χ4n) is 2.82. The van der Waals surface area contributed by atoms with Crippen LogP contribution in [0.25, 0.3) is 16.4 Å². The molecule has 4 rings (SSSR count). The highest BCUT2D eigenvalue weighted by atomic mass is 32.2. The summed E-state index contributed by atoms with van der Waals surface area (Å²) >= 11 is 2.74. The van der Waals surface area contributed by atoms with E-state index in [0.717, 1.165) is 10.6 Å². The molecule has 0 aliphatic rings. The highest BCUT2D eigenvalue weighted by Crippen LogP contribution is 2.31. The number of halogens is 2. The van der Waals surface area contributed by atoms with Crippen molar-refractivity contribution in [3.63, 3.8) is 0 Å². The molecule has 1 N–H and O–H groups in total. The van der Waals surface area contributed by atoms with Gasteiger partial charge in [-0.15, -0.1) is 21.5 Å². The summed E-state index contributed by atoms with van der Waals surface area (Å²) in [6.45, 7) is -2.98. The van der Waals surface area contributed by atoms with Gasteiger partial charge in [0, 0.05) is 5.69 Å². The van der Waals surface area contributed by atoms with Crippen molar-refractivity contribution in [3.8, 4) is 22.1 Å². The molecule has 0 radical (unpaired) electrons. The second-order valence-corrected chi connectivity index (χ2v) is 8.06. The van der Waals surface area contributed by atoms with Gasteiger partial charge in [0.1, 0.15) is 5.75 Å². The lowest BCUT2D eigenvalue weighted by atomic mass is 10.3. The van der Waals surface area contributed by atoms with Gasteiger partial charge < -0.3 is 10.1 Å². The number of thiophene rings is 1. The van der Waals surface area contributed by atoms with Crippen LogP contribution in [0.1, 0.15) is 0 Å². The number of carbonyl (C=O) groups excluding carboxylic acids is 1. The van der Waals surface area contributed by atoms with E-state index in [2.05, 4.69) is 20.3 Å². The van der Waals surface area contributed by atoms with Gasteiger partial charge in [-0.1, -0.05) is 48.2 Å². The van der Waals surface area contributed by atoms with Crippen molar-refractivity contribution in [2.45, 2.75) is 11.8 Å². The van der Waals surface area contributed by atoms with Gasteiger partial charge in [-0.05, 0) is 35.7 Å². The molecule has 0 bridgehead atoms. The summed E-state index contributed by atoms with van der Waals surface area (Å²) in [6.07, 6.45) is 0. The van der Waals surface area contributed by atoms with Crippen LogP contribution in [-0.2, 0) is 4.79 Å². The van der Waals surface area contributed by atoms with Crippen molar-refractivity contribution in [1.82, 2.24) is 14.8 Å². The van der Waals surface area contributed by atoms with E-state index < -0.39 is 6.61 Å². The Morgan fingerprint density at radius 1 is 1.06 bits per heavy atom. The predicted octanol–water partition coefficient (Wildman–Crippen LogP) is 5.33. The third kappa shape index (κ3) is 5.09. The summed E-state index contributed by atoms with van der Waals surface area (Å²) in [5.41, 5.74) is 1.05. The minimum atomic E-state index is -2.98. The van der Waals surface area contributed by atoms with E-state index in [0.29, 0.717) is 11.0 Å². The molecule has 0 atom stereocenters. The average molecular weight is 459 g/mol. The average Bonchev–Trinajstić information content (AvgIpc) is 3.43. The van der Waals surface area contributed by atoms with Gasteiger partial charge in [0.2, 0.25) is 5.91 Å². The molecule has 10 heteroatoms. The van der Waals surface area contributed by atoms with Crippen molar-refractivity contribution in [2.75, 3.05) is 11.1 Å². The molecule has 0 saturated heterocycles. The van der Waals surface area contributed by atoms with Gasteiger partial charge >= 0.3 is 6.61 Å². The third-order valence-electron chi connectivity index (χ3n) is 4.10. The van der Waals surface area contributed by atoms with E-state index in [4.69, 9.17) is 0 Å².